The van der Waals surface area contributed by atoms with Crippen LogP contribution in [0.25, 0.3) is 0 Å². The molecule has 1 aromatic carbocycles. The fourth-order valence-electron chi connectivity index (χ4n) is 1.14. The van der Waals surface area contributed by atoms with E-state index in [-0.39, 0.29) is 0 Å². The number of halogens is 4. The van der Waals surface area contributed by atoms with Gasteiger partial charge in [-0.15, -0.1) is 17.1 Å². The second kappa shape index (κ2) is 5.03. The van der Waals surface area contributed by atoms with Crippen molar-refractivity contribution in [3.63, 3.8) is 0 Å². The molecular weight excluding hydrogens is 296 g/mol. The molecule has 1 aromatic rings. The molecule has 106 valence electrons. The summed E-state index contributed by atoms with van der Waals surface area (Å²) in [6, 6.07) is 1.43. The minimum absolute atomic E-state index is 0.391. The first-order valence-corrected chi connectivity index (χ1v) is 5.86. The van der Waals surface area contributed by atoms with E-state index >= 15 is 0 Å². The molecule has 0 aliphatic carbocycles. The van der Waals surface area contributed by atoms with Crippen LogP contribution in [0.2, 0.25) is 0 Å². The molecule has 19 heavy (non-hydrogen) atoms. The van der Waals surface area contributed by atoms with Crippen LogP contribution in [0.4, 0.5) is 17.1 Å². The van der Waals surface area contributed by atoms with Crippen molar-refractivity contribution in [2.75, 3.05) is 7.11 Å². The maximum Gasteiger partial charge on any atom is 0.573 e. The fraction of sp³-hybridized carbons (Fsp3) is 0.222. The van der Waals surface area contributed by atoms with E-state index < -0.39 is 38.8 Å². The molecule has 0 aliphatic heterocycles. The van der Waals surface area contributed by atoms with Crippen LogP contribution in [0.3, 0.4) is 0 Å². The highest BCUT2D eigenvalue weighted by Crippen LogP contribution is 2.29. The van der Waals surface area contributed by atoms with Gasteiger partial charge in [0.1, 0.15) is 11.3 Å². The molecular formula is C9H6F4O5S. The van der Waals surface area contributed by atoms with Crippen LogP contribution in [-0.2, 0) is 15.0 Å². The summed E-state index contributed by atoms with van der Waals surface area (Å²) < 4.78 is 77.7. The molecule has 0 atom stereocenters. The summed E-state index contributed by atoms with van der Waals surface area (Å²) in [7, 11) is -4.31. The zero-order valence-corrected chi connectivity index (χ0v) is 10.0. The van der Waals surface area contributed by atoms with Gasteiger partial charge >= 0.3 is 22.6 Å². The van der Waals surface area contributed by atoms with Crippen LogP contribution in [0, 0.1) is 0 Å². The highest BCUT2D eigenvalue weighted by atomic mass is 32.3. The maximum atomic E-state index is 12.7. The van der Waals surface area contributed by atoms with Gasteiger partial charge < -0.3 is 9.47 Å². The van der Waals surface area contributed by atoms with Crippen molar-refractivity contribution in [1.82, 2.24) is 0 Å². The molecule has 0 saturated heterocycles. The summed E-state index contributed by atoms with van der Waals surface area (Å²) in [6.45, 7) is 0. The average Bonchev–Trinajstić information content (AvgIpc) is 2.25. The SMILES string of the molecule is COC(=O)c1cc(S(=O)(=O)F)ccc1OC(F)(F)F. The lowest BCUT2D eigenvalue weighted by Gasteiger charge is -2.12. The van der Waals surface area contributed by atoms with Gasteiger partial charge in [0.25, 0.3) is 0 Å². The number of rotatable bonds is 3. The number of carbonyl (C=O) groups excluding carboxylic acids is 1. The Bertz CT molecular complexity index is 593. The topological polar surface area (TPSA) is 69.7 Å². The Hall–Kier alpha value is -1.84. The third-order valence-electron chi connectivity index (χ3n) is 1.86. The lowest BCUT2D eigenvalue weighted by molar-refractivity contribution is -0.274. The van der Waals surface area contributed by atoms with Crippen molar-refractivity contribution in [1.29, 1.82) is 0 Å². The summed E-state index contributed by atoms with van der Waals surface area (Å²) in [6.07, 6.45) is -5.10. The number of alkyl halides is 3. The largest absolute Gasteiger partial charge is 0.573 e. The van der Waals surface area contributed by atoms with E-state index in [1.165, 1.54) is 0 Å². The molecule has 1 rings (SSSR count). The Morgan fingerprint density at radius 3 is 2.26 bits per heavy atom. The van der Waals surface area contributed by atoms with Crippen molar-refractivity contribution in [2.24, 2.45) is 0 Å². The van der Waals surface area contributed by atoms with E-state index in [4.69, 9.17) is 0 Å². The predicted molar refractivity (Wildman–Crippen MR) is 52.8 cm³/mol. The molecule has 0 spiro atoms. The van der Waals surface area contributed by atoms with Gasteiger partial charge in [-0.25, -0.2) is 4.79 Å². The molecule has 5 nitrogen and oxygen atoms in total. The molecule has 0 heterocycles. The molecule has 0 amide bonds. The van der Waals surface area contributed by atoms with Gasteiger partial charge in [0.05, 0.1) is 12.0 Å². The van der Waals surface area contributed by atoms with Gasteiger partial charge in [-0.05, 0) is 18.2 Å². The summed E-state index contributed by atoms with van der Waals surface area (Å²) in [5, 5.41) is 0. The normalized spacial score (nSPS) is 12.1. The lowest BCUT2D eigenvalue weighted by Crippen LogP contribution is -2.19. The number of ether oxygens (including phenoxy) is 2. The van der Waals surface area contributed by atoms with Crippen molar-refractivity contribution < 1.29 is 39.7 Å². The minimum atomic E-state index is -5.17. The van der Waals surface area contributed by atoms with Crippen LogP contribution in [0.15, 0.2) is 23.1 Å². The molecule has 0 saturated carbocycles. The van der Waals surface area contributed by atoms with E-state index in [1.807, 2.05) is 0 Å². The van der Waals surface area contributed by atoms with Gasteiger partial charge in [-0.3, -0.25) is 0 Å². The summed E-state index contributed by atoms with van der Waals surface area (Å²) in [4.78, 5) is 10.2. The Labute approximate surface area is 104 Å². The average molecular weight is 302 g/mol. The van der Waals surface area contributed by atoms with Crippen LogP contribution in [0.5, 0.6) is 5.75 Å². The van der Waals surface area contributed by atoms with Crippen LogP contribution in [0.1, 0.15) is 10.4 Å². The van der Waals surface area contributed by atoms with Crippen molar-refractivity contribution in [3.8, 4) is 5.75 Å². The highest BCUT2D eigenvalue weighted by Gasteiger charge is 2.33. The smallest absolute Gasteiger partial charge is 0.465 e. The van der Waals surface area contributed by atoms with E-state index in [9.17, 15) is 30.3 Å². The highest BCUT2D eigenvalue weighted by molar-refractivity contribution is 7.86. The van der Waals surface area contributed by atoms with Gasteiger partial charge in [0, 0.05) is 0 Å². The van der Waals surface area contributed by atoms with Crippen molar-refractivity contribution >= 4 is 16.2 Å². The number of benzene rings is 1. The monoisotopic (exact) mass is 302 g/mol. The second-order valence-corrected chi connectivity index (χ2v) is 4.48. The first kappa shape index (κ1) is 15.2. The van der Waals surface area contributed by atoms with E-state index in [1.54, 1.807) is 0 Å². The first-order chi connectivity index (χ1) is 8.54. The molecule has 0 fully saturated rings. The number of methoxy groups -OCH3 is 1. The quantitative estimate of drug-likeness (QED) is 0.485. The number of esters is 1. The summed E-state index contributed by atoms with van der Waals surface area (Å²) in [5.74, 6) is -2.29. The Morgan fingerprint density at radius 2 is 1.84 bits per heavy atom. The molecule has 0 aromatic heterocycles. The number of hydrogen-bond donors (Lipinski definition) is 0. The minimum Gasteiger partial charge on any atom is -0.465 e. The zero-order valence-electron chi connectivity index (χ0n) is 9.19. The van der Waals surface area contributed by atoms with E-state index in [0.29, 0.717) is 18.2 Å². The predicted octanol–water partition coefficient (Wildman–Crippen LogP) is 2.03. The number of carbonyl (C=O) groups is 1. The lowest BCUT2D eigenvalue weighted by atomic mass is 10.2. The van der Waals surface area contributed by atoms with Crippen LogP contribution in [-0.4, -0.2) is 27.9 Å². The Balaban J connectivity index is 3.37. The van der Waals surface area contributed by atoms with Gasteiger partial charge in [0.2, 0.25) is 0 Å². The standard InChI is InChI=1S/C9H6F4O5S/c1-17-8(14)6-4-5(19(13,15)16)2-3-7(6)18-9(10,11)12/h2-4H,1H3. The number of hydrogen-bond acceptors (Lipinski definition) is 5. The van der Waals surface area contributed by atoms with E-state index in [0.717, 1.165) is 7.11 Å². The van der Waals surface area contributed by atoms with Crippen LogP contribution >= 0.6 is 0 Å². The maximum absolute atomic E-state index is 12.7. The third-order valence-corrected chi connectivity index (χ3v) is 2.68. The Kier molecular flexibility index (Phi) is 4.03. The van der Waals surface area contributed by atoms with Crippen molar-refractivity contribution in [3.05, 3.63) is 23.8 Å². The van der Waals surface area contributed by atoms with Crippen molar-refractivity contribution in [2.45, 2.75) is 11.3 Å². The van der Waals surface area contributed by atoms with Gasteiger partial charge in [0.15, 0.2) is 0 Å². The molecule has 0 N–H and O–H groups in total. The summed E-state index contributed by atoms with van der Waals surface area (Å²) in [5.41, 5.74) is -0.862. The van der Waals surface area contributed by atoms with Gasteiger partial charge in [-0.2, -0.15) is 8.42 Å². The molecule has 10 heteroatoms. The molecule has 0 unspecified atom stereocenters. The molecule has 0 bridgehead atoms. The Morgan fingerprint density at radius 1 is 1.26 bits per heavy atom. The van der Waals surface area contributed by atoms with Gasteiger partial charge in [-0.1, -0.05) is 0 Å². The zero-order chi connectivity index (χ0) is 14.8. The third kappa shape index (κ3) is 4.09. The summed E-state index contributed by atoms with van der Waals surface area (Å²) >= 11 is 0. The second-order valence-electron chi connectivity index (χ2n) is 3.14. The van der Waals surface area contributed by atoms with Crippen LogP contribution < -0.4 is 4.74 Å². The fourth-order valence-corrected chi connectivity index (χ4v) is 1.63. The first-order valence-electron chi connectivity index (χ1n) is 4.47. The molecule has 0 aliphatic rings. The van der Waals surface area contributed by atoms with E-state index in [2.05, 4.69) is 9.47 Å². The molecule has 0 radical (unpaired) electrons.